The van der Waals surface area contributed by atoms with Gasteiger partial charge in [0.1, 0.15) is 0 Å². The van der Waals surface area contributed by atoms with Gasteiger partial charge in [0.15, 0.2) is 11.5 Å². The summed E-state index contributed by atoms with van der Waals surface area (Å²) in [4.78, 5) is 1.14. The number of rotatable bonds is 6. The quantitative estimate of drug-likeness (QED) is 0.722. The summed E-state index contributed by atoms with van der Waals surface area (Å²) in [6.07, 6.45) is 0.956. The highest BCUT2D eigenvalue weighted by Gasteiger charge is 2.24. The highest BCUT2D eigenvalue weighted by atomic mass is 35.5. The minimum Gasteiger partial charge on any atom is -0.493 e. The Morgan fingerprint density at radius 2 is 1.76 bits per heavy atom. The minimum atomic E-state index is -0.269. The van der Waals surface area contributed by atoms with Gasteiger partial charge in [0.05, 0.1) is 26.7 Å². The molecule has 0 bridgehead atoms. The molecular formula is C16H19ClO3S. The van der Waals surface area contributed by atoms with Gasteiger partial charge in [0.2, 0.25) is 5.75 Å². The Hall–Kier alpha value is -1.39. The van der Waals surface area contributed by atoms with Crippen LogP contribution in [-0.4, -0.2) is 21.3 Å². The predicted molar refractivity (Wildman–Crippen MR) is 87.5 cm³/mol. The van der Waals surface area contributed by atoms with E-state index in [1.54, 1.807) is 32.7 Å². The van der Waals surface area contributed by atoms with E-state index in [0.717, 1.165) is 16.9 Å². The Morgan fingerprint density at radius 3 is 2.33 bits per heavy atom. The summed E-state index contributed by atoms with van der Waals surface area (Å²) in [6, 6.07) is 5.89. The van der Waals surface area contributed by atoms with Crippen molar-refractivity contribution in [2.75, 3.05) is 21.3 Å². The lowest BCUT2D eigenvalue weighted by Gasteiger charge is -2.18. The fourth-order valence-electron chi connectivity index (χ4n) is 2.33. The number of benzene rings is 1. The first-order chi connectivity index (χ1) is 10.2. The molecule has 0 aliphatic carbocycles. The average molecular weight is 327 g/mol. The molecule has 21 heavy (non-hydrogen) atoms. The van der Waals surface area contributed by atoms with Crippen molar-refractivity contribution in [2.45, 2.75) is 18.7 Å². The van der Waals surface area contributed by atoms with Crippen LogP contribution < -0.4 is 14.2 Å². The van der Waals surface area contributed by atoms with Crippen LogP contribution >= 0.6 is 22.9 Å². The second kappa shape index (κ2) is 7.05. The second-order valence-corrected chi connectivity index (χ2v) is 5.83. The van der Waals surface area contributed by atoms with Gasteiger partial charge in [-0.1, -0.05) is 6.92 Å². The van der Waals surface area contributed by atoms with E-state index >= 15 is 0 Å². The molecule has 2 aromatic rings. The zero-order valence-electron chi connectivity index (χ0n) is 12.6. The van der Waals surface area contributed by atoms with Crippen LogP contribution in [-0.2, 0) is 6.42 Å². The highest BCUT2D eigenvalue weighted by Crippen LogP contribution is 2.46. The molecule has 3 nitrogen and oxygen atoms in total. The van der Waals surface area contributed by atoms with E-state index in [1.165, 1.54) is 5.56 Å². The summed E-state index contributed by atoms with van der Waals surface area (Å²) >= 11 is 8.36. The zero-order chi connectivity index (χ0) is 15.4. The molecule has 1 unspecified atom stereocenters. The van der Waals surface area contributed by atoms with Gasteiger partial charge >= 0.3 is 0 Å². The lowest BCUT2D eigenvalue weighted by Crippen LogP contribution is -2.02. The van der Waals surface area contributed by atoms with E-state index < -0.39 is 0 Å². The largest absolute Gasteiger partial charge is 0.493 e. The molecule has 1 aromatic carbocycles. The van der Waals surface area contributed by atoms with Crippen molar-refractivity contribution in [3.8, 4) is 17.2 Å². The van der Waals surface area contributed by atoms with Crippen molar-refractivity contribution < 1.29 is 14.2 Å². The van der Waals surface area contributed by atoms with Crippen LogP contribution in [0.4, 0.5) is 0 Å². The smallest absolute Gasteiger partial charge is 0.203 e. The third kappa shape index (κ3) is 2.97. The van der Waals surface area contributed by atoms with Crippen LogP contribution in [0.15, 0.2) is 23.6 Å². The number of thiophene rings is 1. The van der Waals surface area contributed by atoms with Gasteiger partial charge in [-0.3, -0.25) is 0 Å². The summed E-state index contributed by atoms with van der Waals surface area (Å²) in [5.41, 5.74) is 2.14. The first kappa shape index (κ1) is 16.0. The summed E-state index contributed by atoms with van der Waals surface area (Å²) < 4.78 is 16.2. The predicted octanol–water partition coefficient (Wildman–Crippen LogP) is 4.66. The third-order valence-electron chi connectivity index (χ3n) is 3.40. The van der Waals surface area contributed by atoms with Crippen LogP contribution in [0.3, 0.4) is 0 Å². The van der Waals surface area contributed by atoms with Crippen molar-refractivity contribution in [2.24, 2.45) is 0 Å². The fourth-order valence-corrected chi connectivity index (χ4v) is 3.78. The Labute approximate surface area is 134 Å². The summed E-state index contributed by atoms with van der Waals surface area (Å²) in [7, 11) is 4.80. The van der Waals surface area contributed by atoms with Gasteiger partial charge in [-0.15, -0.1) is 22.9 Å². The molecule has 0 spiro atoms. The van der Waals surface area contributed by atoms with Crippen molar-refractivity contribution in [3.05, 3.63) is 39.6 Å². The summed E-state index contributed by atoms with van der Waals surface area (Å²) in [6.45, 7) is 2.13. The van der Waals surface area contributed by atoms with Crippen molar-refractivity contribution in [3.63, 3.8) is 0 Å². The Balaban J connectivity index is 2.53. The molecule has 0 aliphatic rings. The molecule has 114 valence electrons. The van der Waals surface area contributed by atoms with E-state index in [2.05, 4.69) is 18.4 Å². The second-order valence-electron chi connectivity index (χ2n) is 4.45. The van der Waals surface area contributed by atoms with Crippen LogP contribution in [0.25, 0.3) is 0 Å². The van der Waals surface area contributed by atoms with Crippen LogP contribution in [0.2, 0.25) is 0 Å². The van der Waals surface area contributed by atoms with E-state index in [9.17, 15) is 0 Å². The first-order valence-electron chi connectivity index (χ1n) is 6.67. The zero-order valence-corrected chi connectivity index (χ0v) is 14.2. The number of hydrogen-bond acceptors (Lipinski definition) is 4. The molecule has 0 amide bonds. The Kier molecular flexibility index (Phi) is 5.37. The van der Waals surface area contributed by atoms with E-state index in [1.807, 2.05) is 12.1 Å². The molecule has 5 heteroatoms. The molecule has 0 radical (unpaired) electrons. The van der Waals surface area contributed by atoms with Gasteiger partial charge in [-0.2, -0.15) is 0 Å². The number of halogens is 1. The molecule has 0 N–H and O–H groups in total. The minimum absolute atomic E-state index is 0.269. The van der Waals surface area contributed by atoms with Crippen LogP contribution in [0.5, 0.6) is 17.2 Å². The van der Waals surface area contributed by atoms with Crippen molar-refractivity contribution in [1.82, 2.24) is 0 Å². The molecule has 0 fully saturated rings. The van der Waals surface area contributed by atoms with Crippen LogP contribution in [0, 0.1) is 0 Å². The number of aryl methyl sites for hydroxylation is 1. The maximum atomic E-state index is 6.70. The van der Waals surface area contributed by atoms with Gasteiger partial charge in [0.25, 0.3) is 0 Å². The van der Waals surface area contributed by atoms with Gasteiger partial charge in [-0.05, 0) is 35.6 Å². The maximum Gasteiger partial charge on any atom is 0.203 e. The number of methoxy groups -OCH3 is 3. The van der Waals surface area contributed by atoms with Crippen molar-refractivity contribution in [1.29, 1.82) is 0 Å². The molecule has 1 heterocycles. The lowest BCUT2D eigenvalue weighted by molar-refractivity contribution is 0.322. The highest BCUT2D eigenvalue weighted by molar-refractivity contribution is 7.10. The molecule has 1 atom stereocenters. The molecular weight excluding hydrogens is 308 g/mol. The lowest BCUT2D eigenvalue weighted by atomic mass is 10.0. The topological polar surface area (TPSA) is 27.7 Å². The number of ether oxygens (including phenoxy) is 3. The van der Waals surface area contributed by atoms with E-state index in [0.29, 0.717) is 17.2 Å². The molecule has 0 aliphatic heterocycles. The standard InChI is InChI=1S/C16H19ClO3S/c1-5-10-8-9-21-16(10)13(17)11-6-7-12(18-2)15(20-4)14(11)19-3/h6-9,13H,5H2,1-4H3. The average Bonchev–Trinajstić information content (AvgIpc) is 3.00. The third-order valence-corrected chi connectivity index (χ3v) is 5.01. The normalized spacial score (nSPS) is 12.0. The van der Waals surface area contributed by atoms with Crippen LogP contribution in [0.1, 0.15) is 28.3 Å². The van der Waals surface area contributed by atoms with E-state index in [-0.39, 0.29) is 5.38 Å². The SMILES string of the molecule is CCc1ccsc1C(Cl)c1ccc(OC)c(OC)c1OC. The van der Waals surface area contributed by atoms with Crippen molar-refractivity contribution >= 4 is 22.9 Å². The Morgan fingerprint density at radius 1 is 1.05 bits per heavy atom. The molecule has 0 saturated carbocycles. The van der Waals surface area contributed by atoms with Gasteiger partial charge in [-0.25, -0.2) is 0 Å². The Bertz CT molecular complexity index is 610. The summed E-state index contributed by atoms with van der Waals surface area (Å²) in [5, 5.41) is 1.80. The number of alkyl halides is 1. The molecule has 1 aromatic heterocycles. The number of hydrogen-bond donors (Lipinski definition) is 0. The maximum absolute atomic E-state index is 6.70. The fraction of sp³-hybridized carbons (Fsp3) is 0.375. The molecule has 0 saturated heterocycles. The summed E-state index contributed by atoms with van der Waals surface area (Å²) in [5.74, 6) is 1.81. The van der Waals surface area contributed by atoms with Gasteiger partial charge < -0.3 is 14.2 Å². The monoisotopic (exact) mass is 326 g/mol. The van der Waals surface area contributed by atoms with E-state index in [4.69, 9.17) is 25.8 Å². The first-order valence-corrected chi connectivity index (χ1v) is 7.98. The molecule has 2 rings (SSSR count). The van der Waals surface area contributed by atoms with Gasteiger partial charge in [0, 0.05) is 10.4 Å².